The van der Waals surface area contributed by atoms with Crippen LogP contribution in [0.5, 0.6) is 0 Å². The van der Waals surface area contributed by atoms with E-state index in [4.69, 9.17) is 0 Å². The van der Waals surface area contributed by atoms with Crippen molar-refractivity contribution < 1.29 is 14.4 Å². The average Bonchev–Trinajstić information content (AvgIpc) is 3.66. The Bertz CT molecular complexity index is 1540. The third kappa shape index (κ3) is 4.12. The zero-order chi connectivity index (χ0) is 26.8. The minimum absolute atomic E-state index is 0.0714. The maximum atomic E-state index is 13.8. The van der Waals surface area contributed by atoms with Crippen LogP contribution >= 0.6 is 0 Å². The number of hydrogen-bond acceptors (Lipinski definition) is 4. The number of imidazole rings is 1. The number of rotatable bonds is 4. The fourth-order valence-corrected chi connectivity index (χ4v) is 5.77. The molecular formula is C29H32N6O3. The number of piperazine rings is 1. The van der Waals surface area contributed by atoms with Crippen molar-refractivity contribution in [2.75, 3.05) is 13.1 Å². The monoisotopic (exact) mass is 512 g/mol. The van der Waals surface area contributed by atoms with E-state index in [9.17, 15) is 14.4 Å². The molecule has 9 heteroatoms. The molecule has 2 fully saturated rings. The Morgan fingerprint density at radius 1 is 0.974 bits per heavy atom. The Kier molecular flexibility index (Phi) is 5.55. The number of hydrogen-bond donors (Lipinski definition) is 3. The lowest BCUT2D eigenvalue weighted by molar-refractivity contribution is -0.138. The summed E-state index contributed by atoms with van der Waals surface area (Å²) in [6, 6.07) is 14.5. The predicted molar refractivity (Wildman–Crippen MR) is 145 cm³/mol. The molecule has 6 rings (SSSR count). The number of nitrogens with zero attached hydrogens (tertiary/aromatic N) is 3. The molecule has 3 amide bonds. The highest BCUT2D eigenvalue weighted by Gasteiger charge is 2.50. The number of para-hydroxylation sites is 2. The van der Waals surface area contributed by atoms with Gasteiger partial charge in [-0.05, 0) is 49.1 Å². The van der Waals surface area contributed by atoms with Crippen LogP contribution in [-0.4, -0.2) is 73.7 Å². The maximum Gasteiger partial charge on any atom is 0.290 e. The molecule has 196 valence electrons. The molecule has 0 unspecified atom stereocenters. The van der Waals surface area contributed by atoms with Gasteiger partial charge in [0, 0.05) is 24.0 Å². The Hall–Kier alpha value is -4.14. The number of H-pyrrole nitrogens is 2. The normalized spacial score (nSPS) is 19.9. The summed E-state index contributed by atoms with van der Waals surface area (Å²) < 4.78 is 0. The molecule has 0 spiro atoms. The number of benzene rings is 2. The number of carbonyl (C=O) groups is 3. The molecule has 3 N–H and O–H groups in total. The molecular weight excluding hydrogens is 480 g/mol. The molecule has 2 aliphatic heterocycles. The zero-order valence-corrected chi connectivity index (χ0v) is 22.0. The summed E-state index contributed by atoms with van der Waals surface area (Å²) in [7, 11) is 0. The SMILES string of the molecule is Cc1ccc2[nH]c(C(=O)N[C@H](C(=O)N3C[C@@H]4C[C@H]3CN4C(=O)c3nc4ccccc4[nH]3)C(C)(C)C)cc2c1. The lowest BCUT2D eigenvalue weighted by Gasteiger charge is -2.39. The summed E-state index contributed by atoms with van der Waals surface area (Å²) >= 11 is 0. The summed E-state index contributed by atoms with van der Waals surface area (Å²) in [5.41, 5.74) is 3.50. The van der Waals surface area contributed by atoms with Gasteiger partial charge in [0.15, 0.2) is 5.82 Å². The third-order valence-electron chi connectivity index (χ3n) is 7.79. The van der Waals surface area contributed by atoms with E-state index in [-0.39, 0.29) is 29.8 Å². The summed E-state index contributed by atoms with van der Waals surface area (Å²) in [5.74, 6) is -0.236. The van der Waals surface area contributed by atoms with E-state index in [1.165, 1.54) is 0 Å². The fourth-order valence-electron chi connectivity index (χ4n) is 5.77. The number of likely N-dealkylation sites (tertiary alicyclic amines) is 2. The number of carbonyl (C=O) groups excluding carboxylic acids is 3. The highest BCUT2D eigenvalue weighted by molar-refractivity contribution is 6.01. The van der Waals surface area contributed by atoms with Crippen molar-refractivity contribution in [1.29, 1.82) is 0 Å². The highest BCUT2D eigenvalue weighted by Crippen LogP contribution is 2.34. The summed E-state index contributed by atoms with van der Waals surface area (Å²) in [5, 5.41) is 3.96. The highest BCUT2D eigenvalue weighted by atomic mass is 16.2. The molecule has 2 aromatic heterocycles. The van der Waals surface area contributed by atoms with Crippen molar-refractivity contribution in [3.05, 3.63) is 65.6 Å². The van der Waals surface area contributed by atoms with E-state index in [1.807, 2.05) is 86.0 Å². The van der Waals surface area contributed by atoms with E-state index < -0.39 is 11.5 Å². The van der Waals surface area contributed by atoms with Crippen molar-refractivity contribution in [1.82, 2.24) is 30.1 Å². The van der Waals surface area contributed by atoms with E-state index in [0.717, 1.165) is 33.9 Å². The van der Waals surface area contributed by atoms with Crippen LogP contribution in [0.1, 0.15) is 53.9 Å². The quantitative estimate of drug-likeness (QED) is 0.387. The van der Waals surface area contributed by atoms with E-state index in [0.29, 0.717) is 24.6 Å². The molecule has 2 aromatic carbocycles. The molecule has 2 saturated heterocycles. The van der Waals surface area contributed by atoms with Crippen LogP contribution in [0, 0.1) is 12.3 Å². The molecule has 0 aliphatic carbocycles. The molecule has 0 radical (unpaired) electrons. The number of amides is 3. The number of aryl methyl sites for hydroxylation is 1. The van der Waals surface area contributed by atoms with Crippen molar-refractivity contribution >= 4 is 39.7 Å². The van der Waals surface area contributed by atoms with Crippen LogP contribution < -0.4 is 5.32 Å². The first kappa shape index (κ1) is 24.2. The van der Waals surface area contributed by atoms with Crippen molar-refractivity contribution in [2.45, 2.75) is 52.2 Å². The maximum absolute atomic E-state index is 13.8. The lowest BCUT2D eigenvalue weighted by Crippen LogP contribution is -2.59. The topological polar surface area (TPSA) is 114 Å². The van der Waals surface area contributed by atoms with Gasteiger partial charge in [-0.25, -0.2) is 4.98 Å². The second-order valence-corrected chi connectivity index (χ2v) is 11.6. The molecule has 2 bridgehead atoms. The van der Waals surface area contributed by atoms with Gasteiger partial charge in [-0.15, -0.1) is 0 Å². The number of aromatic nitrogens is 3. The average molecular weight is 513 g/mol. The van der Waals surface area contributed by atoms with Gasteiger partial charge in [0.2, 0.25) is 5.91 Å². The van der Waals surface area contributed by atoms with Crippen LogP contribution in [-0.2, 0) is 4.79 Å². The van der Waals surface area contributed by atoms with Crippen molar-refractivity contribution in [3.63, 3.8) is 0 Å². The Morgan fingerprint density at radius 2 is 1.71 bits per heavy atom. The minimum Gasteiger partial charge on any atom is -0.351 e. The predicted octanol–water partition coefficient (Wildman–Crippen LogP) is 3.62. The standard InChI is InChI=1S/C29H32N6O3/c1-16-9-10-20-17(11-16)12-23(30-20)26(36)33-24(29(2,3)4)27(37)34-14-19-13-18(34)15-35(19)28(38)25-31-21-7-5-6-8-22(21)32-25/h5-12,18-19,24,30H,13-15H2,1-4H3,(H,31,32)(H,33,36)/t18-,19-,24+/m0/s1. The van der Waals surface area contributed by atoms with Gasteiger partial charge in [-0.1, -0.05) is 44.5 Å². The van der Waals surface area contributed by atoms with E-state index in [2.05, 4.69) is 20.3 Å². The number of fused-ring (bicyclic) bond motifs is 4. The van der Waals surface area contributed by atoms with Gasteiger partial charge in [0.25, 0.3) is 11.8 Å². The van der Waals surface area contributed by atoms with Crippen molar-refractivity contribution in [2.24, 2.45) is 5.41 Å². The molecule has 4 heterocycles. The Balaban J connectivity index is 1.17. The molecule has 38 heavy (non-hydrogen) atoms. The van der Waals surface area contributed by atoms with E-state index >= 15 is 0 Å². The second-order valence-electron chi connectivity index (χ2n) is 11.6. The Labute approximate surface area is 220 Å². The van der Waals surface area contributed by atoms with Crippen LogP contribution in [0.25, 0.3) is 21.9 Å². The summed E-state index contributed by atoms with van der Waals surface area (Å²) in [6.07, 6.45) is 0.726. The first-order chi connectivity index (χ1) is 18.1. The first-order valence-electron chi connectivity index (χ1n) is 13.0. The molecule has 9 nitrogen and oxygen atoms in total. The fraction of sp³-hybridized carbons (Fsp3) is 0.379. The minimum atomic E-state index is -0.706. The van der Waals surface area contributed by atoms with Gasteiger partial charge < -0.3 is 25.1 Å². The molecule has 4 aromatic rings. The van der Waals surface area contributed by atoms with Crippen LogP contribution in [0.3, 0.4) is 0 Å². The number of aromatic amines is 2. The van der Waals surface area contributed by atoms with Crippen LogP contribution in [0.4, 0.5) is 0 Å². The largest absolute Gasteiger partial charge is 0.351 e. The number of nitrogens with one attached hydrogen (secondary N) is 3. The van der Waals surface area contributed by atoms with E-state index in [1.54, 1.807) is 0 Å². The van der Waals surface area contributed by atoms with Gasteiger partial charge in [0.05, 0.1) is 23.1 Å². The second kappa shape index (κ2) is 8.72. The lowest BCUT2D eigenvalue weighted by atomic mass is 9.85. The van der Waals surface area contributed by atoms with Crippen LogP contribution in [0.15, 0.2) is 48.5 Å². The summed E-state index contributed by atoms with van der Waals surface area (Å²) in [4.78, 5) is 54.7. The Morgan fingerprint density at radius 3 is 2.42 bits per heavy atom. The molecule has 3 atom stereocenters. The van der Waals surface area contributed by atoms with Crippen molar-refractivity contribution in [3.8, 4) is 0 Å². The third-order valence-corrected chi connectivity index (χ3v) is 7.79. The molecule has 0 saturated carbocycles. The summed E-state index contributed by atoms with van der Waals surface area (Å²) in [6.45, 7) is 8.78. The molecule has 2 aliphatic rings. The van der Waals surface area contributed by atoms with Gasteiger partial charge in [-0.2, -0.15) is 0 Å². The smallest absolute Gasteiger partial charge is 0.290 e. The van der Waals surface area contributed by atoms with Crippen LogP contribution in [0.2, 0.25) is 0 Å². The first-order valence-corrected chi connectivity index (χ1v) is 13.0. The van der Waals surface area contributed by atoms with Gasteiger partial charge in [0.1, 0.15) is 11.7 Å². The van der Waals surface area contributed by atoms with Gasteiger partial charge >= 0.3 is 0 Å². The van der Waals surface area contributed by atoms with Gasteiger partial charge in [-0.3, -0.25) is 14.4 Å². The zero-order valence-electron chi connectivity index (χ0n) is 22.0.